The molecule has 0 spiro atoms. The molecular formula is C18H17NO3. The summed E-state index contributed by atoms with van der Waals surface area (Å²) >= 11 is 0. The van der Waals surface area contributed by atoms with Gasteiger partial charge in [-0.2, -0.15) is 0 Å². The zero-order valence-corrected chi connectivity index (χ0v) is 12.4. The number of amides is 1. The van der Waals surface area contributed by atoms with Crippen LogP contribution < -0.4 is 0 Å². The Morgan fingerprint density at radius 2 is 1.77 bits per heavy atom. The highest BCUT2D eigenvalue weighted by Crippen LogP contribution is 2.37. The monoisotopic (exact) mass is 295 g/mol. The maximum atomic E-state index is 12.7. The molecule has 1 aliphatic rings. The Morgan fingerprint density at radius 1 is 1.09 bits per heavy atom. The summed E-state index contributed by atoms with van der Waals surface area (Å²) in [5, 5.41) is 0. The smallest absolute Gasteiger partial charge is 0.307 e. The minimum Gasteiger partial charge on any atom is -0.469 e. The van der Waals surface area contributed by atoms with E-state index < -0.39 is 0 Å². The van der Waals surface area contributed by atoms with Crippen LogP contribution in [0.15, 0.2) is 54.6 Å². The molecule has 112 valence electrons. The van der Waals surface area contributed by atoms with Crippen molar-refractivity contribution < 1.29 is 14.3 Å². The first-order valence-corrected chi connectivity index (χ1v) is 7.21. The Balaban J connectivity index is 1.93. The number of carbonyl (C=O) groups is 2. The van der Waals surface area contributed by atoms with E-state index in [1.54, 1.807) is 4.90 Å². The molecule has 1 amide bonds. The van der Waals surface area contributed by atoms with Gasteiger partial charge in [0.1, 0.15) is 0 Å². The molecule has 0 N–H and O–H groups in total. The lowest BCUT2D eigenvalue weighted by atomic mass is 10.0. The lowest BCUT2D eigenvalue weighted by Crippen LogP contribution is -2.29. The summed E-state index contributed by atoms with van der Waals surface area (Å²) in [6.07, 6.45) is 0.173. The Morgan fingerprint density at radius 3 is 2.50 bits per heavy atom. The van der Waals surface area contributed by atoms with Gasteiger partial charge in [-0.15, -0.1) is 0 Å². The molecule has 0 saturated carbocycles. The van der Waals surface area contributed by atoms with Gasteiger partial charge in [0.15, 0.2) is 0 Å². The van der Waals surface area contributed by atoms with Crippen molar-refractivity contribution in [3.05, 3.63) is 71.3 Å². The standard InChI is InChI=1S/C18H17NO3/c1-22-17(20)11-16-14-9-5-6-10-15(14)18(21)19(16)12-13-7-3-2-4-8-13/h2-10,16H,11-12H2,1H3. The SMILES string of the molecule is COC(=O)CC1c2ccccc2C(=O)N1Cc1ccccc1. The first-order chi connectivity index (χ1) is 10.7. The molecule has 0 bridgehead atoms. The number of hydrogen-bond donors (Lipinski definition) is 0. The molecule has 0 saturated heterocycles. The minimum absolute atomic E-state index is 0.0339. The summed E-state index contributed by atoms with van der Waals surface area (Å²) in [6, 6.07) is 17.0. The molecule has 4 nitrogen and oxygen atoms in total. The fourth-order valence-corrected chi connectivity index (χ4v) is 2.87. The third-order valence-corrected chi connectivity index (χ3v) is 3.97. The Bertz CT molecular complexity index is 696. The fourth-order valence-electron chi connectivity index (χ4n) is 2.87. The molecule has 3 rings (SSSR count). The second kappa shape index (κ2) is 6.02. The number of hydrogen-bond acceptors (Lipinski definition) is 3. The van der Waals surface area contributed by atoms with Crippen LogP contribution in [0.3, 0.4) is 0 Å². The molecule has 4 heteroatoms. The van der Waals surface area contributed by atoms with E-state index >= 15 is 0 Å². The maximum Gasteiger partial charge on any atom is 0.307 e. The Kier molecular flexibility index (Phi) is 3.92. The highest BCUT2D eigenvalue weighted by molar-refractivity contribution is 5.99. The van der Waals surface area contributed by atoms with Gasteiger partial charge in [0, 0.05) is 12.1 Å². The van der Waals surface area contributed by atoms with Crippen LogP contribution in [0.5, 0.6) is 0 Å². The molecule has 1 heterocycles. The number of nitrogens with zero attached hydrogens (tertiary/aromatic N) is 1. The Hall–Kier alpha value is -2.62. The molecule has 1 aliphatic heterocycles. The number of methoxy groups -OCH3 is 1. The van der Waals surface area contributed by atoms with E-state index in [4.69, 9.17) is 4.74 Å². The van der Waals surface area contributed by atoms with Gasteiger partial charge in [0.05, 0.1) is 19.6 Å². The van der Waals surface area contributed by atoms with Gasteiger partial charge in [-0.05, 0) is 17.2 Å². The molecule has 2 aromatic carbocycles. The Labute approximate surface area is 129 Å². The second-order valence-electron chi connectivity index (χ2n) is 5.30. The summed E-state index contributed by atoms with van der Waals surface area (Å²) in [4.78, 5) is 26.1. The average molecular weight is 295 g/mol. The highest BCUT2D eigenvalue weighted by atomic mass is 16.5. The molecule has 2 aromatic rings. The van der Waals surface area contributed by atoms with E-state index in [0.29, 0.717) is 12.1 Å². The van der Waals surface area contributed by atoms with Gasteiger partial charge < -0.3 is 9.64 Å². The minimum atomic E-state index is -0.312. The van der Waals surface area contributed by atoms with Crippen molar-refractivity contribution in [2.24, 2.45) is 0 Å². The van der Waals surface area contributed by atoms with Gasteiger partial charge in [0.25, 0.3) is 5.91 Å². The van der Waals surface area contributed by atoms with Gasteiger partial charge in [-0.25, -0.2) is 0 Å². The quantitative estimate of drug-likeness (QED) is 0.815. The molecular weight excluding hydrogens is 278 g/mol. The van der Waals surface area contributed by atoms with Crippen molar-refractivity contribution >= 4 is 11.9 Å². The lowest BCUT2D eigenvalue weighted by molar-refractivity contribution is -0.141. The van der Waals surface area contributed by atoms with Gasteiger partial charge in [0.2, 0.25) is 0 Å². The first kappa shape index (κ1) is 14.3. The molecule has 1 atom stereocenters. The summed E-state index contributed by atoms with van der Waals surface area (Å²) < 4.78 is 4.78. The molecule has 0 fully saturated rings. The molecule has 22 heavy (non-hydrogen) atoms. The van der Waals surface area contributed by atoms with Crippen molar-refractivity contribution in [1.29, 1.82) is 0 Å². The maximum absolute atomic E-state index is 12.7. The summed E-state index contributed by atoms with van der Waals surface area (Å²) in [6.45, 7) is 0.482. The van der Waals surface area contributed by atoms with Gasteiger partial charge >= 0.3 is 5.97 Å². The van der Waals surface area contributed by atoms with E-state index in [9.17, 15) is 9.59 Å². The summed E-state index contributed by atoms with van der Waals surface area (Å²) in [5.41, 5.74) is 2.61. The number of fused-ring (bicyclic) bond motifs is 1. The van der Waals surface area contributed by atoms with Crippen LogP contribution in [0.4, 0.5) is 0 Å². The zero-order valence-electron chi connectivity index (χ0n) is 12.4. The topological polar surface area (TPSA) is 46.6 Å². The van der Waals surface area contributed by atoms with Crippen LogP contribution in [0.25, 0.3) is 0 Å². The van der Waals surface area contributed by atoms with E-state index in [1.165, 1.54) is 7.11 Å². The summed E-state index contributed by atoms with van der Waals surface area (Å²) in [7, 11) is 1.37. The predicted octanol–water partition coefficient (Wildman–Crippen LogP) is 2.95. The molecule has 1 unspecified atom stereocenters. The van der Waals surface area contributed by atoms with Crippen LogP contribution in [0, 0.1) is 0 Å². The highest BCUT2D eigenvalue weighted by Gasteiger charge is 2.37. The van der Waals surface area contributed by atoms with Crippen LogP contribution in [0.1, 0.15) is 33.9 Å². The third-order valence-electron chi connectivity index (χ3n) is 3.97. The number of benzene rings is 2. The van der Waals surface area contributed by atoms with E-state index in [0.717, 1.165) is 11.1 Å². The van der Waals surface area contributed by atoms with E-state index in [2.05, 4.69) is 0 Å². The van der Waals surface area contributed by atoms with Crippen LogP contribution >= 0.6 is 0 Å². The van der Waals surface area contributed by atoms with Crippen LogP contribution in [-0.4, -0.2) is 23.9 Å². The number of rotatable bonds is 4. The van der Waals surface area contributed by atoms with Crippen molar-refractivity contribution in [3.8, 4) is 0 Å². The predicted molar refractivity (Wildman–Crippen MR) is 82.1 cm³/mol. The fraction of sp³-hybridized carbons (Fsp3) is 0.222. The van der Waals surface area contributed by atoms with Gasteiger partial charge in [-0.1, -0.05) is 48.5 Å². The van der Waals surface area contributed by atoms with E-state index in [1.807, 2.05) is 54.6 Å². The third kappa shape index (κ3) is 2.60. The van der Waals surface area contributed by atoms with E-state index in [-0.39, 0.29) is 24.3 Å². The number of esters is 1. The lowest BCUT2D eigenvalue weighted by Gasteiger charge is -2.24. The van der Waals surface area contributed by atoms with Crippen molar-refractivity contribution in [3.63, 3.8) is 0 Å². The average Bonchev–Trinajstić information content (AvgIpc) is 2.82. The molecule has 0 aliphatic carbocycles. The number of ether oxygens (including phenoxy) is 1. The van der Waals surface area contributed by atoms with Crippen LogP contribution in [-0.2, 0) is 16.1 Å². The van der Waals surface area contributed by atoms with Crippen molar-refractivity contribution in [2.75, 3.05) is 7.11 Å². The van der Waals surface area contributed by atoms with Gasteiger partial charge in [-0.3, -0.25) is 9.59 Å². The normalized spacial score (nSPS) is 16.5. The molecule has 0 radical (unpaired) electrons. The largest absolute Gasteiger partial charge is 0.469 e. The number of carbonyl (C=O) groups excluding carboxylic acids is 2. The second-order valence-corrected chi connectivity index (χ2v) is 5.30. The zero-order chi connectivity index (χ0) is 15.5. The van der Waals surface area contributed by atoms with Crippen molar-refractivity contribution in [1.82, 2.24) is 4.90 Å². The summed E-state index contributed by atoms with van der Waals surface area (Å²) in [5.74, 6) is -0.346. The van der Waals surface area contributed by atoms with Crippen molar-refractivity contribution in [2.45, 2.75) is 19.0 Å². The molecule has 0 aromatic heterocycles. The first-order valence-electron chi connectivity index (χ1n) is 7.21. The van der Waals surface area contributed by atoms with Crippen LogP contribution in [0.2, 0.25) is 0 Å².